The average molecular weight is 278 g/mol. The number of thiazole rings is 1. The van der Waals surface area contributed by atoms with Crippen LogP contribution in [0.15, 0.2) is 17.8 Å². The van der Waals surface area contributed by atoms with Gasteiger partial charge in [-0.2, -0.15) is 5.10 Å². The van der Waals surface area contributed by atoms with Crippen LogP contribution in [-0.2, 0) is 6.42 Å². The third-order valence-corrected chi connectivity index (χ3v) is 4.61. The fourth-order valence-electron chi connectivity index (χ4n) is 2.10. The van der Waals surface area contributed by atoms with Crippen LogP contribution in [0.25, 0.3) is 0 Å². The summed E-state index contributed by atoms with van der Waals surface area (Å²) in [6.45, 7) is 6.44. The van der Waals surface area contributed by atoms with Crippen LogP contribution in [-0.4, -0.2) is 21.8 Å². The van der Waals surface area contributed by atoms with E-state index in [9.17, 15) is 0 Å². The summed E-state index contributed by atoms with van der Waals surface area (Å²) in [4.78, 5) is 5.63. The predicted molar refractivity (Wildman–Crippen MR) is 79.6 cm³/mol. The van der Waals surface area contributed by atoms with Crippen LogP contribution in [0.3, 0.4) is 0 Å². The lowest BCUT2D eigenvalue weighted by Crippen LogP contribution is -2.19. The number of nitrogens with one attached hydrogen (secondary N) is 1. The van der Waals surface area contributed by atoms with Gasteiger partial charge in [-0.3, -0.25) is 4.68 Å². The van der Waals surface area contributed by atoms with Gasteiger partial charge < -0.3 is 5.32 Å². The van der Waals surface area contributed by atoms with Crippen molar-refractivity contribution in [3.8, 4) is 0 Å². The Bertz CT molecular complexity index is 517. The van der Waals surface area contributed by atoms with Crippen LogP contribution in [0.4, 0.5) is 0 Å². The normalized spacial score (nSPS) is 14.5. The first-order valence-corrected chi connectivity index (χ1v) is 7.65. The molecule has 5 heteroatoms. The summed E-state index contributed by atoms with van der Waals surface area (Å²) in [5.41, 5.74) is 4.16. The average Bonchev–Trinajstić information content (AvgIpc) is 3.04. The van der Waals surface area contributed by atoms with Crippen molar-refractivity contribution in [2.45, 2.75) is 45.7 Å². The molecule has 2 atom stereocenters. The maximum Gasteiger partial charge on any atom is 0.0798 e. The molecule has 4 nitrogen and oxygen atoms in total. The highest BCUT2D eigenvalue weighted by Gasteiger charge is 2.16. The third kappa shape index (κ3) is 3.22. The van der Waals surface area contributed by atoms with Crippen LogP contribution in [0.1, 0.15) is 48.6 Å². The first-order valence-electron chi connectivity index (χ1n) is 6.77. The minimum absolute atomic E-state index is 0.299. The van der Waals surface area contributed by atoms with Gasteiger partial charge in [0.1, 0.15) is 0 Å². The molecule has 0 amide bonds. The number of aromatic nitrogens is 3. The maximum absolute atomic E-state index is 4.67. The lowest BCUT2D eigenvalue weighted by atomic mass is 10.1. The Morgan fingerprint density at radius 2 is 2.26 bits per heavy atom. The van der Waals surface area contributed by atoms with Crippen LogP contribution >= 0.6 is 11.3 Å². The van der Waals surface area contributed by atoms with E-state index in [1.807, 2.05) is 12.6 Å². The van der Waals surface area contributed by atoms with Crippen LogP contribution in [0, 0.1) is 6.92 Å². The molecular formula is C14H22N4S. The number of hydrogen-bond donors (Lipinski definition) is 1. The Kier molecular flexibility index (Phi) is 4.71. The van der Waals surface area contributed by atoms with Gasteiger partial charge in [-0.15, -0.1) is 11.3 Å². The van der Waals surface area contributed by atoms with Gasteiger partial charge in [0.15, 0.2) is 0 Å². The van der Waals surface area contributed by atoms with E-state index in [1.165, 1.54) is 4.88 Å². The van der Waals surface area contributed by atoms with Gasteiger partial charge in [0.25, 0.3) is 0 Å². The SMILES string of the molecule is CCC(C)n1ccc(CC(NC)c2scnc2C)n1. The van der Waals surface area contributed by atoms with E-state index >= 15 is 0 Å². The minimum atomic E-state index is 0.299. The Hall–Kier alpha value is -1.20. The van der Waals surface area contributed by atoms with Gasteiger partial charge in [0.2, 0.25) is 0 Å². The third-order valence-electron chi connectivity index (χ3n) is 3.57. The molecule has 0 radical (unpaired) electrons. The molecule has 0 aromatic carbocycles. The quantitative estimate of drug-likeness (QED) is 0.883. The largest absolute Gasteiger partial charge is 0.312 e. The smallest absolute Gasteiger partial charge is 0.0798 e. The summed E-state index contributed by atoms with van der Waals surface area (Å²) in [6, 6.07) is 2.88. The second-order valence-electron chi connectivity index (χ2n) is 4.89. The molecule has 2 aromatic rings. The fraction of sp³-hybridized carbons (Fsp3) is 0.571. The Labute approximate surface area is 118 Å². The van der Waals surface area contributed by atoms with Crippen LogP contribution < -0.4 is 5.32 Å². The second kappa shape index (κ2) is 6.30. The molecule has 104 valence electrons. The van der Waals surface area contributed by atoms with Gasteiger partial charge >= 0.3 is 0 Å². The summed E-state index contributed by atoms with van der Waals surface area (Å²) in [5.74, 6) is 0. The van der Waals surface area contributed by atoms with Crippen molar-refractivity contribution >= 4 is 11.3 Å². The molecular weight excluding hydrogens is 256 g/mol. The van der Waals surface area contributed by atoms with Crippen LogP contribution in [0.2, 0.25) is 0 Å². The Morgan fingerprint density at radius 3 is 2.84 bits per heavy atom. The predicted octanol–water partition coefficient (Wildman–Crippen LogP) is 3.12. The molecule has 0 aliphatic carbocycles. The molecule has 1 N–H and O–H groups in total. The Balaban J connectivity index is 2.11. The topological polar surface area (TPSA) is 42.7 Å². The zero-order chi connectivity index (χ0) is 13.8. The summed E-state index contributed by atoms with van der Waals surface area (Å²) < 4.78 is 2.06. The second-order valence-corrected chi connectivity index (χ2v) is 5.78. The highest BCUT2D eigenvalue weighted by molar-refractivity contribution is 7.09. The van der Waals surface area contributed by atoms with Crippen molar-refractivity contribution in [1.29, 1.82) is 0 Å². The number of nitrogens with zero attached hydrogens (tertiary/aromatic N) is 3. The van der Waals surface area contributed by atoms with Crippen molar-refractivity contribution in [3.05, 3.63) is 34.0 Å². The van der Waals surface area contributed by atoms with E-state index in [4.69, 9.17) is 0 Å². The van der Waals surface area contributed by atoms with Crippen molar-refractivity contribution in [1.82, 2.24) is 20.1 Å². The lowest BCUT2D eigenvalue weighted by Gasteiger charge is -2.14. The lowest BCUT2D eigenvalue weighted by molar-refractivity contribution is 0.469. The molecule has 2 aromatic heterocycles. The number of aryl methyl sites for hydroxylation is 1. The summed E-state index contributed by atoms with van der Waals surface area (Å²) in [5, 5.41) is 8.04. The van der Waals surface area contributed by atoms with Gasteiger partial charge in [0.05, 0.1) is 16.9 Å². The van der Waals surface area contributed by atoms with Crippen molar-refractivity contribution in [2.24, 2.45) is 0 Å². The Morgan fingerprint density at radius 1 is 1.47 bits per heavy atom. The van der Waals surface area contributed by atoms with E-state index in [2.05, 4.69) is 53.1 Å². The fourth-order valence-corrected chi connectivity index (χ4v) is 3.01. The van der Waals surface area contributed by atoms with Crippen LogP contribution in [0.5, 0.6) is 0 Å². The van der Waals surface area contributed by atoms with E-state index in [0.717, 1.165) is 24.2 Å². The first kappa shape index (κ1) is 14.2. The molecule has 0 bridgehead atoms. The van der Waals surface area contributed by atoms with Crippen molar-refractivity contribution in [2.75, 3.05) is 7.05 Å². The molecule has 0 aliphatic heterocycles. The summed E-state index contributed by atoms with van der Waals surface area (Å²) in [6.07, 6.45) is 4.09. The zero-order valence-corrected chi connectivity index (χ0v) is 12.9. The molecule has 0 spiro atoms. The molecule has 0 fully saturated rings. The van der Waals surface area contributed by atoms with Gasteiger partial charge in [0, 0.05) is 29.6 Å². The maximum atomic E-state index is 4.67. The minimum Gasteiger partial charge on any atom is -0.312 e. The van der Waals surface area contributed by atoms with Crippen molar-refractivity contribution < 1.29 is 0 Å². The zero-order valence-electron chi connectivity index (χ0n) is 12.1. The standard InChI is InChI=1S/C14H22N4S/c1-5-10(2)18-7-6-12(17-18)8-13(15-4)14-11(3)16-9-19-14/h6-7,9-10,13,15H,5,8H2,1-4H3. The summed E-state index contributed by atoms with van der Waals surface area (Å²) >= 11 is 1.71. The van der Waals surface area contributed by atoms with E-state index < -0.39 is 0 Å². The van der Waals surface area contributed by atoms with Crippen molar-refractivity contribution in [3.63, 3.8) is 0 Å². The number of rotatable bonds is 6. The van der Waals surface area contributed by atoms with E-state index in [-0.39, 0.29) is 0 Å². The molecule has 0 saturated heterocycles. The van der Waals surface area contributed by atoms with Gasteiger partial charge in [-0.25, -0.2) is 4.98 Å². The number of hydrogen-bond acceptors (Lipinski definition) is 4. The number of likely N-dealkylation sites (N-methyl/N-ethyl adjacent to an activating group) is 1. The van der Waals surface area contributed by atoms with Gasteiger partial charge in [-0.05, 0) is 33.4 Å². The van der Waals surface area contributed by atoms with E-state index in [0.29, 0.717) is 12.1 Å². The monoisotopic (exact) mass is 278 g/mol. The highest BCUT2D eigenvalue weighted by atomic mass is 32.1. The first-order chi connectivity index (χ1) is 9.15. The molecule has 2 rings (SSSR count). The van der Waals surface area contributed by atoms with E-state index in [1.54, 1.807) is 11.3 Å². The highest BCUT2D eigenvalue weighted by Crippen LogP contribution is 2.24. The molecule has 2 heterocycles. The summed E-state index contributed by atoms with van der Waals surface area (Å²) in [7, 11) is 2.00. The molecule has 19 heavy (non-hydrogen) atoms. The molecule has 0 saturated carbocycles. The van der Waals surface area contributed by atoms with Gasteiger partial charge in [-0.1, -0.05) is 6.92 Å². The molecule has 0 aliphatic rings. The molecule has 2 unspecified atom stereocenters.